The third-order valence-electron chi connectivity index (χ3n) is 4.71. The van der Waals surface area contributed by atoms with Gasteiger partial charge in [0.1, 0.15) is 25.5 Å². The van der Waals surface area contributed by atoms with Gasteiger partial charge in [0.05, 0.1) is 5.69 Å². The molecule has 0 spiro atoms. The second kappa shape index (κ2) is 12.6. The molecule has 0 aliphatic carbocycles. The zero-order chi connectivity index (χ0) is 20.0. The fourth-order valence-electron chi connectivity index (χ4n) is 3.08. The summed E-state index contributed by atoms with van der Waals surface area (Å²) in [4.78, 5) is 0. The van der Waals surface area contributed by atoms with Gasteiger partial charge in [0, 0.05) is 38.9 Å². The third kappa shape index (κ3) is 7.47. The van der Waals surface area contributed by atoms with E-state index in [1.807, 2.05) is 36.5 Å². The first kappa shape index (κ1) is 21.5. The maximum atomic E-state index is 4.60. The summed E-state index contributed by atoms with van der Waals surface area (Å²) in [6.45, 7) is 6.27. The smallest absolute Gasteiger partial charge is 0.225 e. The molecule has 0 radical (unpaired) electrons. The SMILES string of the molecule is CC=[N+](/C=C\C)CCCCCC[n+]1ccccc1/C=N/N(C)c1ccccc1. The van der Waals surface area contributed by atoms with Gasteiger partial charge in [-0.1, -0.05) is 18.2 Å². The van der Waals surface area contributed by atoms with E-state index >= 15 is 0 Å². The molecule has 0 saturated heterocycles. The lowest BCUT2D eigenvalue weighted by atomic mass is 10.2. The van der Waals surface area contributed by atoms with Crippen molar-refractivity contribution >= 4 is 18.1 Å². The van der Waals surface area contributed by atoms with Crippen molar-refractivity contribution in [1.29, 1.82) is 0 Å². The highest BCUT2D eigenvalue weighted by atomic mass is 15.4. The number of benzene rings is 1. The van der Waals surface area contributed by atoms with Crippen LogP contribution >= 0.6 is 0 Å². The van der Waals surface area contributed by atoms with Crippen molar-refractivity contribution in [2.45, 2.75) is 46.1 Å². The van der Waals surface area contributed by atoms with E-state index in [2.05, 4.69) is 83.1 Å². The maximum absolute atomic E-state index is 4.60. The monoisotopic (exact) mass is 378 g/mol. The van der Waals surface area contributed by atoms with Gasteiger partial charge in [0.15, 0.2) is 12.4 Å². The Labute approximate surface area is 170 Å². The van der Waals surface area contributed by atoms with Gasteiger partial charge in [-0.05, 0) is 44.0 Å². The zero-order valence-corrected chi connectivity index (χ0v) is 17.5. The number of aromatic nitrogens is 1. The van der Waals surface area contributed by atoms with E-state index in [-0.39, 0.29) is 0 Å². The lowest BCUT2D eigenvalue weighted by Gasteiger charge is -2.11. The summed E-state index contributed by atoms with van der Waals surface area (Å²) in [5.41, 5.74) is 2.21. The van der Waals surface area contributed by atoms with Crippen LogP contribution in [0.3, 0.4) is 0 Å². The first-order valence-electron chi connectivity index (χ1n) is 10.2. The number of hydrogen-bond acceptors (Lipinski definition) is 2. The topological polar surface area (TPSA) is 22.5 Å². The van der Waals surface area contributed by atoms with Crippen LogP contribution in [0, 0.1) is 0 Å². The van der Waals surface area contributed by atoms with Crippen LogP contribution in [-0.2, 0) is 6.54 Å². The van der Waals surface area contributed by atoms with Crippen LogP contribution in [0.5, 0.6) is 0 Å². The van der Waals surface area contributed by atoms with Crippen LogP contribution in [0.15, 0.2) is 72.1 Å². The summed E-state index contributed by atoms with van der Waals surface area (Å²) >= 11 is 0. The van der Waals surface area contributed by atoms with Gasteiger partial charge in [0.2, 0.25) is 5.69 Å². The second-order valence-corrected chi connectivity index (χ2v) is 6.82. The maximum Gasteiger partial charge on any atom is 0.225 e. The molecule has 0 aliphatic rings. The van der Waals surface area contributed by atoms with E-state index in [1.165, 1.54) is 25.7 Å². The van der Waals surface area contributed by atoms with Crippen molar-refractivity contribution < 1.29 is 9.14 Å². The van der Waals surface area contributed by atoms with E-state index in [9.17, 15) is 0 Å². The van der Waals surface area contributed by atoms with Gasteiger partial charge in [-0.15, -0.1) is 0 Å². The molecule has 0 fully saturated rings. The number of para-hydroxylation sites is 1. The fourth-order valence-corrected chi connectivity index (χ4v) is 3.08. The minimum atomic E-state index is 1.02. The van der Waals surface area contributed by atoms with Crippen molar-refractivity contribution in [2.24, 2.45) is 5.10 Å². The second-order valence-electron chi connectivity index (χ2n) is 6.82. The summed E-state index contributed by atoms with van der Waals surface area (Å²) in [6.07, 6.45) is 15.4. The highest BCUT2D eigenvalue weighted by molar-refractivity contribution is 5.75. The Hall–Kier alpha value is -2.75. The number of pyridine rings is 1. The van der Waals surface area contributed by atoms with Gasteiger partial charge in [-0.2, -0.15) is 9.67 Å². The van der Waals surface area contributed by atoms with Crippen LogP contribution in [-0.4, -0.2) is 30.6 Å². The lowest BCUT2D eigenvalue weighted by molar-refractivity contribution is -0.698. The molecule has 4 nitrogen and oxygen atoms in total. The van der Waals surface area contributed by atoms with Crippen LogP contribution < -0.4 is 9.58 Å². The number of hydrazone groups is 1. The molecule has 1 aromatic heterocycles. The van der Waals surface area contributed by atoms with Gasteiger partial charge < -0.3 is 0 Å². The number of rotatable bonds is 11. The number of nitrogens with zero attached hydrogens (tertiary/aromatic N) is 4. The molecule has 1 heterocycles. The van der Waals surface area contributed by atoms with Crippen molar-refractivity contribution in [2.75, 3.05) is 18.6 Å². The molecule has 0 amide bonds. The average Bonchev–Trinajstić information content (AvgIpc) is 2.74. The van der Waals surface area contributed by atoms with Crippen LogP contribution in [0.2, 0.25) is 0 Å². The zero-order valence-electron chi connectivity index (χ0n) is 17.5. The van der Waals surface area contributed by atoms with Crippen molar-refractivity contribution in [3.05, 3.63) is 72.7 Å². The number of unbranched alkanes of at least 4 members (excludes halogenated alkanes) is 3. The Bertz CT molecular complexity index is 778. The highest BCUT2D eigenvalue weighted by Crippen LogP contribution is 2.10. The van der Waals surface area contributed by atoms with Gasteiger partial charge in [-0.25, -0.2) is 4.58 Å². The van der Waals surface area contributed by atoms with Crippen LogP contribution in [0.25, 0.3) is 0 Å². The quantitative estimate of drug-likeness (QED) is 0.242. The first-order valence-corrected chi connectivity index (χ1v) is 10.2. The number of anilines is 1. The van der Waals surface area contributed by atoms with E-state index in [4.69, 9.17) is 0 Å². The molecule has 0 bridgehead atoms. The van der Waals surface area contributed by atoms with Crippen LogP contribution in [0.4, 0.5) is 5.69 Å². The van der Waals surface area contributed by atoms with E-state index in [0.717, 1.165) is 24.5 Å². The molecule has 148 valence electrons. The number of hydrogen-bond donors (Lipinski definition) is 0. The fraction of sp³-hybridized carbons (Fsp3) is 0.375. The molecule has 0 unspecified atom stereocenters. The molecule has 0 atom stereocenters. The molecule has 1 aromatic carbocycles. The molecule has 0 saturated carbocycles. The van der Waals surface area contributed by atoms with Gasteiger partial charge in [-0.3, -0.25) is 5.01 Å². The largest absolute Gasteiger partial charge is 0.268 e. The molecule has 28 heavy (non-hydrogen) atoms. The van der Waals surface area contributed by atoms with Crippen LogP contribution in [0.1, 0.15) is 45.2 Å². The third-order valence-corrected chi connectivity index (χ3v) is 4.71. The molecule has 4 heteroatoms. The lowest BCUT2D eigenvalue weighted by Crippen LogP contribution is -2.38. The molecule has 0 N–H and O–H groups in total. The Morgan fingerprint density at radius 2 is 1.71 bits per heavy atom. The summed E-state index contributed by atoms with van der Waals surface area (Å²) in [5.74, 6) is 0. The highest BCUT2D eigenvalue weighted by Gasteiger charge is 2.08. The Balaban J connectivity index is 1.81. The van der Waals surface area contributed by atoms with Crippen molar-refractivity contribution in [3.8, 4) is 0 Å². The minimum absolute atomic E-state index is 1.02. The molecule has 0 aliphatic heterocycles. The predicted octanol–water partition coefficient (Wildman–Crippen LogP) is 4.64. The standard InChI is InChI=1S/C24H34N4/c1-4-18-27(5-2)19-12-6-7-13-20-28-21-14-11-17-24(28)22-25-26(3)23-15-9-8-10-16-23/h4-5,8-11,14-18,21-22H,6-7,12-13,19-20H2,1-3H3/q+2/b18-4-,27-5?. The van der Waals surface area contributed by atoms with E-state index in [1.54, 1.807) is 0 Å². The summed E-state index contributed by atoms with van der Waals surface area (Å²) < 4.78 is 4.54. The summed E-state index contributed by atoms with van der Waals surface area (Å²) in [5, 5.41) is 6.50. The average molecular weight is 379 g/mol. The van der Waals surface area contributed by atoms with E-state index in [0.29, 0.717) is 0 Å². The number of allylic oxidation sites excluding steroid dienone is 1. The predicted molar refractivity (Wildman–Crippen MR) is 119 cm³/mol. The van der Waals surface area contributed by atoms with Gasteiger partial charge >= 0.3 is 0 Å². The Morgan fingerprint density at radius 3 is 2.46 bits per heavy atom. The molecule has 2 aromatic rings. The van der Waals surface area contributed by atoms with E-state index < -0.39 is 0 Å². The minimum Gasteiger partial charge on any atom is -0.268 e. The van der Waals surface area contributed by atoms with Crippen molar-refractivity contribution in [3.63, 3.8) is 0 Å². The molecular formula is C24H34N4+2. The summed E-state index contributed by atoms with van der Waals surface area (Å²) in [7, 11) is 1.98. The molecule has 2 rings (SSSR count). The normalized spacial score (nSPS) is 12.2. The Morgan fingerprint density at radius 1 is 0.964 bits per heavy atom. The molecular weight excluding hydrogens is 344 g/mol. The summed E-state index contributed by atoms with van der Waals surface area (Å²) in [6, 6.07) is 16.5. The van der Waals surface area contributed by atoms with Gasteiger partial charge in [0.25, 0.3) is 0 Å². The van der Waals surface area contributed by atoms with Crippen molar-refractivity contribution in [1.82, 2.24) is 0 Å². The number of aryl methyl sites for hydroxylation is 1. The first-order chi connectivity index (χ1) is 13.7. The Kier molecular flexibility index (Phi) is 9.70.